The van der Waals surface area contributed by atoms with E-state index in [4.69, 9.17) is 9.47 Å². The molecule has 2 aliphatic heterocycles. The van der Waals surface area contributed by atoms with Crippen molar-refractivity contribution in [3.63, 3.8) is 0 Å². The van der Waals surface area contributed by atoms with Gasteiger partial charge in [-0.1, -0.05) is 24.3 Å². The molecular formula is C43H20F6N6O12. The van der Waals surface area contributed by atoms with Gasteiger partial charge in [0, 0.05) is 12.1 Å². The number of fused-ring (bicyclic) bond motifs is 2. The molecule has 8 rings (SSSR count). The first-order valence-corrected chi connectivity index (χ1v) is 18.7. The number of halogens is 6. The van der Waals surface area contributed by atoms with Crippen LogP contribution in [0.5, 0.6) is 11.5 Å². The Kier molecular flexibility index (Phi) is 10.7. The molecule has 0 saturated carbocycles. The van der Waals surface area contributed by atoms with Gasteiger partial charge < -0.3 is 29.7 Å². The highest BCUT2D eigenvalue weighted by Gasteiger charge is 2.72. The highest BCUT2D eigenvalue weighted by Crippen LogP contribution is 2.56. The maximum atomic E-state index is 15.1. The van der Waals surface area contributed by atoms with E-state index in [0.29, 0.717) is 58.3 Å². The largest absolute Gasteiger partial charge is 0.419 e. The van der Waals surface area contributed by atoms with Crippen LogP contribution in [-0.2, 0) is 5.41 Å². The summed E-state index contributed by atoms with van der Waals surface area (Å²) in [6, 6.07) is 14.7. The maximum Gasteiger partial charge on any atom is 0.411 e. The lowest BCUT2D eigenvalue weighted by Crippen LogP contribution is -2.54. The smallest absolute Gasteiger partial charge is 0.411 e. The summed E-state index contributed by atoms with van der Waals surface area (Å²) in [5, 5.41) is 21.7. The highest BCUT2D eigenvalue weighted by atomic mass is 19.4. The number of hydrogen-bond donors (Lipinski definition) is 0. The van der Waals surface area contributed by atoms with Crippen molar-refractivity contribution < 1.29 is 74.4 Å². The van der Waals surface area contributed by atoms with Crippen LogP contribution in [0.25, 0.3) is 0 Å². The van der Waals surface area contributed by atoms with Crippen LogP contribution in [0, 0.1) is 20.2 Å². The minimum Gasteiger partial charge on any atom is -0.419 e. The van der Waals surface area contributed by atoms with Gasteiger partial charge in [0.1, 0.15) is 0 Å². The normalized spacial score (nSPS) is 13.6. The second-order valence-corrected chi connectivity index (χ2v) is 14.2. The van der Waals surface area contributed by atoms with E-state index < -0.39 is 97.3 Å². The zero-order chi connectivity index (χ0) is 48.3. The molecule has 2 aliphatic rings. The molecule has 4 aromatic carbocycles. The Labute approximate surface area is 367 Å². The summed E-state index contributed by atoms with van der Waals surface area (Å²) in [7, 11) is 0. The van der Waals surface area contributed by atoms with Gasteiger partial charge in [0.25, 0.3) is 23.6 Å². The van der Waals surface area contributed by atoms with Crippen molar-refractivity contribution in [1.82, 2.24) is 9.97 Å². The minimum absolute atomic E-state index is 0.215. The number of nitro groups is 2. The van der Waals surface area contributed by atoms with Crippen LogP contribution in [0.2, 0.25) is 0 Å². The van der Waals surface area contributed by atoms with Gasteiger partial charge >= 0.3 is 35.9 Å². The van der Waals surface area contributed by atoms with Crippen molar-refractivity contribution in [3.8, 4) is 11.5 Å². The molecule has 0 aliphatic carbocycles. The lowest BCUT2D eigenvalue weighted by molar-refractivity contribution is -0.389. The number of benzene rings is 4. The Morgan fingerprint density at radius 1 is 0.493 bits per heavy atom. The molecule has 0 unspecified atom stereocenters. The van der Waals surface area contributed by atoms with Crippen molar-refractivity contribution in [1.29, 1.82) is 0 Å². The number of aromatic nitrogens is 2. The van der Waals surface area contributed by atoms with Gasteiger partial charge in [-0.3, -0.25) is 19.2 Å². The van der Waals surface area contributed by atoms with E-state index in [2.05, 4.69) is 9.97 Å². The molecule has 0 saturated heterocycles. The van der Waals surface area contributed by atoms with Gasteiger partial charge in [-0.2, -0.15) is 26.3 Å². The molecule has 0 fully saturated rings. The topological polar surface area (TPSA) is 239 Å². The molecule has 24 heteroatoms. The van der Waals surface area contributed by atoms with Crippen molar-refractivity contribution in [2.24, 2.45) is 0 Å². The molecule has 4 heterocycles. The Morgan fingerprint density at radius 2 is 0.836 bits per heavy atom. The van der Waals surface area contributed by atoms with Gasteiger partial charge in [0.2, 0.25) is 5.41 Å². The highest BCUT2D eigenvalue weighted by molar-refractivity contribution is 6.35. The van der Waals surface area contributed by atoms with Crippen molar-refractivity contribution >= 4 is 58.6 Å². The number of nitrogens with zero attached hydrogens (tertiary/aromatic N) is 6. The first-order chi connectivity index (χ1) is 31.6. The van der Waals surface area contributed by atoms with Gasteiger partial charge in [-0.25, -0.2) is 19.4 Å². The van der Waals surface area contributed by atoms with Gasteiger partial charge in [0.15, 0.2) is 23.9 Å². The Bertz CT molecular complexity index is 2920. The van der Waals surface area contributed by atoms with Crippen LogP contribution in [0.3, 0.4) is 0 Å². The summed E-state index contributed by atoms with van der Waals surface area (Å²) < 4.78 is 101. The fraction of sp³-hybridized carbons (Fsp3) is 0.0698. The minimum atomic E-state index is -6.12. The van der Waals surface area contributed by atoms with Crippen LogP contribution in [0.4, 0.5) is 49.4 Å². The van der Waals surface area contributed by atoms with E-state index in [1.165, 1.54) is 0 Å². The second kappa shape index (κ2) is 16.1. The number of rotatable bonds is 10. The van der Waals surface area contributed by atoms with Crippen LogP contribution < -0.4 is 19.3 Å². The second-order valence-electron chi connectivity index (χ2n) is 14.2. The number of anilines is 2. The predicted octanol–water partition coefficient (Wildman–Crippen LogP) is 7.74. The van der Waals surface area contributed by atoms with E-state index in [1.807, 2.05) is 0 Å². The first-order valence-electron chi connectivity index (χ1n) is 18.7. The van der Waals surface area contributed by atoms with Crippen LogP contribution in [0.1, 0.15) is 73.3 Å². The van der Waals surface area contributed by atoms with Gasteiger partial charge in [-0.05, 0) is 104 Å². The fourth-order valence-corrected chi connectivity index (χ4v) is 7.32. The maximum absolute atomic E-state index is 15.1. The fourth-order valence-electron chi connectivity index (χ4n) is 7.32. The summed E-state index contributed by atoms with van der Waals surface area (Å²) in [5.41, 5.74) is -10.3. The lowest BCUT2D eigenvalue weighted by Gasteiger charge is -2.38. The van der Waals surface area contributed by atoms with E-state index in [1.54, 1.807) is 0 Å². The molecule has 4 amide bonds. The monoisotopic (exact) mass is 926 g/mol. The van der Waals surface area contributed by atoms with E-state index in [0.717, 1.165) is 73.1 Å². The van der Waals surface area contributed by atoms with E-state index >= 15 is 26.3 Å². The number of esters is 2. The quantitative estimate of drug-likeness (QED) is 0.0420. The zero-order valence-corrected chi connectivity index (χ0v) is 32.9. The Morgan fingerprint density at radius 3 is 1.13 bits per heavy atom. The molecular weight excluding hydrogens is 906 g/mol. The molecule has 6 aromatic rings. The number of imide groups is 2. The summed E-state index contributed by atoms with van der Waals surface area (Å²) >= 11 is 0. The molecule has 0 spiro atoms. The Balaban J connectivity index is 1.04. The number of amides is 4. The lowest BCUT2D eigenvalue weighted by atomic mass is 9.73. The number of hydrogen-bond acceptors (Lipinski definition) is 14. The summed E-state index contributed by atoms with van der Waals surface area (Å²) in [5.74, 6) is -7.95. The van der Waals surface area contributed by atoms with Crippen LogP contribution in [0.15, 0.2) is 122 Å². The Hall–Kier alpha value is -9.22. The van der Waals surface area contributed by atoms with Crippen molar-refractivity contribution in [2.75, 3.05) is 9.80 Å². The standard InChI is InChI=1S/C43H20F6N6O12/c44-42(45,46)41(43(47,48)49,23-3-7-25(8-4-23)52-35(56)29-13-1-21(17-31(29)37(52)58)39(60)66-27-11-15-33(50-19-27)54(62)63)24-5-9-26(10-6-24)53-36(57)30-14-2-22(18-32(30)38(53)59)40(61)67-28-12-16-34(51-20-28)55(64)65/h1-20H. The number of pyridine rings is 2. The number of ether oxygens (including phenoxy) is 2. The van der Waals surface area contributed by atoms with Crippen LogP contribution in [-0.4, -0.2) is 67.7 Å². The predicted molar refractivity (Wildman–Crippen MR) is 213 cm³/mol. The van der Waals surface area contributed by atoms with Crippen LogP contribution >= 0.6 is 0 Å². The molecule has 18 nitrogen and oxygen atoms in total. The van der Waals surface area contributed by atoms with E-state index in [9.17, 15) is 49.0 Å². The summed E-state index contributed by atoms with van der Waals surface area (Å²) in [6.45, 7) is 0. The van der Waals surface area contributed by atoms with Crippen molar-refractivity contribution in [2.45, 2.75) is 17.8 Å². The number of carbonyl (C=O) groups excluding carboxylic acids is 6. The molecule has 0 radical (unpaired) electrons. The van der Waals surface area contributed by atoms with Gasteiger partial charge in [0.05, 0.1) is 44.8 Å². The third kappa shape index (κ3) is 7.49. The number of alkyl halides is 6. The first kappa shape index (κ1) is 44.4. The summed E-state index contributed by atoms with van der Waals surface area (Å²) in [4.78, 5) is 107. The molecule has 2 aromatic heterocycles. The zero-order valence-electron chi connectivity index (χ0n) is 32.9. The average Bonchev–Trinajstić information content (AvgIpc) is 3.69. The van der Waals surface area contributed by atoms with E-state index in [-0.39, 0.29) is 44.9 Å². The van der Waals surface area contributed by atoms with Crippen molar-refractivity contribution in [3.05, 3.63) is 186 Å². The third-order valence-electron chi connectivity index (χ3n) is 10.4. The molecule has 336 valence electrons. The average molecular weight is 927 g/mol. The third-order valence-corrected chi connectivity index (χ3v) is 10.4. The molecule has 0 bridgehead atoms. The van der Waals surface area contributed by atoms with Gasteiger partial charge in [-0.15, -0.1) is 0 Å². The molecule has 0 atom stereocenters. The summed E-state index contributed by atoms with van der Waals surface area (Å²) in [6.07, 6.45) is -10.5. The number of carbonyl (C=O) groups is 6. The SMILES string of the molecule is O=C(Oc1ccc([N+](=O)[O-])nc1)c1ccc2c(c1)C(=O)N(c1ccc(C(c3ccc(N4C(=O)c5ccc(C(=O)Oc6ccc([N+](=O)[O-])nc6)cc5C4=O)cc3)(C(F)(F)F)C(F)(F)F)cc1)C2=O. The molecule has 67 heavy (non-hydrogen) atoms. The molecule has 0 N–H and O–H groups in total.